The van der Waals surface area contributed by atoms with Crippen LogP contribution in [0.25, 0.3) is 0 Å². The Labute approximate surface area is 124 Å². The number of aryl methyl sites for hydroxylation is 1. The van der Waals surface area contributed by atoms with Crippen molar-refractivity contribution in [3.8, 4) is 5.75 Å². The maximum absolute atomic E-state index is 12.7. The monoisotopic (exact) mass is 331 g/mol. The van der Waals surface area contributed by atoms with Crippen LogP contribution < -0.4 is 4.74 Å². The molecule has 2 unspecified atom stereocenters. The molecule has 0 radical (unpaired) electrons. The third-order valence-electron chi connectivity index (χ3n) is 4.23. The normalized spacial score (nSPS) is 27.9. The lowest BCUT2D eigenvalue weighted by Gasteiger charge is -2.26. The Hall–Kier alpha value is -1.12. The minimum Gasteiger partial charge on any atom is -0.496 e. The van der Waals surface area contributed by atoms with Crippen LogP contribution in [0.5, 0.6) is 5.75 Å². The first-order valence-electron chi connectivity index (χ1n) is 6.64. The first-order chi connectivity index (χ1) is 9.75. The van der Waals surface area contributed by atoms with Gasteiger partial charge in [-0.25, -0.2) is 16.8 Å². The zero-order valence-corrected chi connectivity index (χ0v) is 13.4. The maximum atomic E-state index is 12.7. The fourth-order valence-corrected chi connectivity index (χ4v) is 7.08. The number of sulfonamides is 1. The van der Waals surface area contributed by atoms with Crippen LogP contribution in [0.4, 0.5) is 0 Å². The van der Waals surface area contributed by atoms with E-state index >= 15 is 0 Å². The zero-order valence-electron chi connectivity index (χ0n) is 11.8. The molecule has 0 saturated carbocycles. The molecule has 6 nitrogen and oxygen atoms in total. The second-order valence-corrected chi connectivity index (χ2v) is 9.76. The molecule has 2 atom stereocenters. The van der Waals surface area contributed by atoms with Crippen molar-refractivity contribution in [1.82, 2.24) is 4.31 Å². The van der Waals surface area contributed by atoms with Crippen LogP contribution in [-0.2, 0) is 19.9 Å². The predicted molar refractivity (Wildman–Crippen MR) is 77.6 cm³/mol. The second-order valence-electron chi connectivity index (χ2n) is 5.55. The number of hydrogen-bond acceptors (Lipinski definition) is 5. The largest absolute Gasteiger partial charge is 0.496 e. The molecule has 0 aromatic heterocycles. The molecule has 0 N–H and O–H groups in total. The molecule has 2 saturated heterocycles. The average Bonchev–Trinajstić information content (AvgIpc) is 2.94. The maximum Gasteiger partial charge on any atom is 0.243 e. The zero-order chi connectivity index (χ0) is 15.4. The van der Waals surface area contributed by atoms with Gasteiger partial charge < -0.3 is 4.74 Å². The van der Waals surface area contributed by atoms with E-state index in [2.05, 4.69) is 0 Å². The smallest absolute Gasteiger partial charge is 0.243 e. The van der Waals surface area contributed by atoms with E-state index in [-0.39, 0.29) is 17.2 Å². The molecule has 1 aromatic rings. The van der Waals surface area contributed by atoms with Gasteiger partial charge in [0.25, 0.3) is 0 Å². The summed E-state index contributed by atoms with van der Waals surface area (Å²) >= 11 is 0. The molecule has 2 fully saturated rings. The summed E-state index contributed by atoms with van der Waals surface area (Å²) in [6.07, 6.45) is 0.413. The van der Waals surface area contributed by atoms with Gasteiger partial charge in [0, 0.05) is 12.6 Å². The molecule has 0 spiro atoms. The molecule has 3 rings (SSSR count). The summed E-state index contributed by atoms with van der Waals surface area (Å²) in [6.45, 7) is 1.85. The summed E-state index contributed by atoms with van der Waals surface area (Å²) in [5.74, 6) is 0.561. The second kappa shape index (κ2) is 4.69. The molecule has 116 valence electrons. The van der Waals surface area contributed by atoms with Crippen molar-refractivity contribution < 1.29 is 21.6 Å². The van der Waals surface area contributed by atoms with Crippen molar-refractivity contribution in [3.05, 3.63) is 23.8 Å². The first kappa shape index (κ1) is 14.8. The van der Waals surface area contributed by atoms with Gasteiger partial charge in [0.05, 0.1) is 23.0 Å². The van der Waals surface area contributed by atoms with Crippen molar-refractivity contribution in [3.63, 3.8) is 0 Å². The molecule has 8 heteroatoms. The van der Waals surface area contributed by atoms with Gasteiger partial charge in [0.2, 0.25) is 10.0 Å². The fourth-order valence-electron chi connectivity index (χ4n) is 3.10. The predicted octanol–water partition coefficient (Wildman–Crippen LogP) is 0.564. The molecular formula is C13H17NO5S2. The molecular weight excluding hydrogens is 314 g/mol. The molecule has 21 heavy (non-hydrogen) atoms. The summed E-state index contributed by atoms with van der Waals surface area (Å²) in [5, 5.41) is -0.545. The number of benzene rings is 1. The SMILES string of the molecule is COc1ccc(S(=O)(=O)N2CC3CC2CS3(=O)=O)cc1C. The minimum atomic E-state index is -3.65. The Morgan fingerprint density at radius 3 is 2.52 bits per heavy atom. The fraction of sp³-hybridized carbons (Fsp3) is 0.538. The third kappa shape index (κ3) is 2.25. The van der Waals surface area contributed by atoms with Crippen LogP contribution in [-0.4, -0.2) is 51.8 Å². The summed E-state index contributed by atoms with van der Waals surface area (Å²) in [6, 6.07) is 4.26. The number of fused-ring (bicyclic) bond motifs is 2. The Morgan fingerprint density at radius 2 is 2.05 bits per heavy atom. The van der Waals surface area contributed by atoms with Gasteiger partial charge in [-0.05, 0) is 37.1 Å². The number of hydrogen-bond donors (Lipinski definition) is 0. The number of rotatable bonds is 3. The van der Waals surface area contributed by atoms with Gasteiger partial charge in [0.15, 0.2) is 9.84 Å². The van der Waals surface area contributed by atoms with Crippen molar-refractivity contribution >= 4 is 19.9 Å². The van der Waals surface area contributed by atoms with Crippen LogP contribution in [0.2, 0.25) is 0 Å². The van der Waals surface area contributed by atoms with E-state index in [1.54, 1.807) is 19.1 Å². The summed E-state index contributed by atoms with van der Waals surface area (Å²) in [7, 11) is -5.23. The van der Waals surface area contributed by atoms with E-state index in [0.29, 0.717) is 12.2 Å². The third-order valence-corrected chi connectivity index (χ3v) is 8.35. The van der Waals surface area contributed by atoms with Crippen LogP contribution in [0.3, 0.4) is 0 Å². The Kier molecular flexibility index (Phi) is 3.30. The highest BCUT2D eigenvalue weighted by atomic mass is 32.2. The van der Waals surface area contributed by atoms with Gasteiger partial charge in [-0.15, -0.1) is 0 Å². The average molecular weight is 331 g/mol. The van der Waals surface area contributed by atoms with Gasteiger partial charge in [0.1, 0.15) is 5.75 Å². The van der Waals surface area contributed by atoms with Crippen molar-refractivity contribution in [2.45, 2.75) is 29.5 Å². The number of sulfone groups is 1. The quantitative estimate of drug-likeness (QED) is 0.808. The number of ether oxygens (including phenoxy) is 1. The summed E-state index contributed by atoms with van der Waals surface area (Å²) in [5.41, 5.74) is 0.732. The highest BCUT2D eigenvalue weighted by Crippen LogP contribution is 2.37. The Morgan fingerprint density at radius 1 is 1.33 bits per heavy atom. The summed E-state index contributed by atoms with van der Waals surface area (Å²) < 4.78 is 55.3. The Bertz CT molecular complexity index is 785. The molecule has 2 aliphatic heterocycles. The first-order valence-corrected chi connectivity index (χ1v) is 9.79. The number of methoxy groups -OCH3 is 1. The molecule has 2 aliphatic rings. The van der Waals surface area contributed by atoms with E-state index in [1.807, 2.05) is 0 Å². The molecule has 0 aliphatic carbocycles. The minimum absolute atomic E-state index is 0.0635. The lowest BCUT2D eigenvalue weighted by molar-refractivity contribution is 0.401. The van der Waals surface area contributed by atoms with Crippen LogP contribution in [0.15, 0.2) is 23.1 Å². The van der Waals surface area contributed by atoms with E-state index < -0.39 is 31.2 Å². The van der Waals surface area contributed by atoms with E-state index in [0.717, 1.165) is 5.56 Å². The summed E-state index contributed by atoms with van der Waals surface area (Å²) in [4.78, 5) is 0.186. The molecule has 2 bridgehead atoms. The van der Waals surface area contributed by atoms with Crippen molar-refractivity contribution in [1.29, 1.82) is 0 Å². The molecule has 0 amide bonds. The van der Waals surface area contributed by atoms with E-state index in [1.165, 1.54) is 17.5 Å². The highest BCUT2D eigenvalue weighted by molar-refractivity contribution is 7.93. The molecule has 1 aromatic carbocycles. The standard InChI is InChI=1S/C13H17NO5S2/c1-9-5-11(3-4-13(9)19-2)21(17,18)14-7-12-6-10(14)8-20(12,15)16/h3-5,10,12H,6-8H2,1-2H3. The van der Waals surface area contributed by atoms with Gasteiger partial charge in [-0.1, -0.05) is 0 Å². The van der Waals surface area contributed by atoms with Crippen molar-refractivity contribution in [2.24, 2.45) is 0 Å². The van der Waals surface area contributed by atoms with E-state index in [4.69, 9.17) is 4.74 Å². The van der Waals surface area contributed by atoms with Crippen LogP contribution >= 0.6 is 0 Å². The van der Waals surface area contributed by atoms with Gasteiger partial charge in [-0.2, -0.15) is 4.31 Å². The van der Waals surface area contributed by atoms with E-state index in [9.17, 15) is 16.8 Å². The van der Waals surface area contributed by atoms with Crippen LogP contribution in [0, 0.1) is 6.92 Å². The van der Waals surface area contributed by atoms with Gasteiger partial charge in [-0.3, -0.25) is 0 Å². The van der Waals surface area contributed by atoms with Crippen molar-refractivity contribution in [2.75, 3.05) is 19.4 Å². The Balaban J connectivity index is 1.94. The number of nitrogens with zero attached hydrogens (tertiary/aromatic N) is 1. The molecule has 2 heterocycles. The van der Waals surface area contributed by atoms with Gasteiger partial charge >= 0.3 is 0 Å². The lowest BCUT2D eigenvalue weighted by atomic mass is 10.2. The highest BCUT2D eigenvalue weighted by Gasteiger charge is 2.52. The van der Waals surface area contributed by atoms with Crippen LogP contribution in [0.1, 0.15) is 12.0 Å². The topological polar surface area (TPSA) is 80.8 Å². The lowest BCUT2D eigenvalue weighted by Crippen LogP contribution is -2.43.